The summed E-state index contributed by atoms with van der Waals surface area (Å²) in [5.41, 5.74) is 4.79. The number of nitrogens with zero attached hydrogens (tertiary/aromatic N) is 6. The molecule has 0 saturated carbocycles. The molecule has 0 fully saturated rings. The molecule has 0 N–H and O–H groups in total. The van der Waals surface area contributed by atoms with Crippen molar-refractivity contribution in [3.8, 4) is 39.4 Å². The standard InChI is InChI=1S/C29H33FN6O4/c1-29(2,3)40-28(37)35-8-9-36-21(18-35)13-26(33-36)23-14-25(19-15-32-34(4)17-19)31-16-24(23)22-7-6-20(30)12-27(22)39-11-10-38-5/h6-7,12-17H,8-11,18H2,1-5H3. The van der Waals surface area contributed by atoms with E-state index in [4.69, 9.17) is 24.3 Å². The van der Waals surface area contributed by atoms with Gasteiger partial charge in [0.25, 0.3) is 0 Å². The van der Waals surface area contributed by atoms with Crippen LogP contribution in [-0.4, -0.2) is 68.0 Å². The number of benzene rings is 1. The first-order chi connectivity index (χ1) is 19.1. The highest BCUT2D eigenvalue weighted by molar-refractivity contribution is 5.86. The quantitative estimate of drug-likeness (QED) is 0.302. The van der Waals surface area contributed by atoms with Crippen LogP contribution in [0.5, 0.6) is 5.75 Å². The van der Waals surface area contributed by atoms with Crippen LogP contribution in [0.25, 0.3) is 33.6 Å². The molecule has 1 aliphatic heterocycles. The van der Waals surface area contributed by atoms with Gasteiger partial charge in [-0.2, -0.15) is 10.2 Å². The van der Waals surface area contributed by atoms with Crippen LogP contribution in [0.4, 0.5) is 9.18 Å². The zero-order valence-electron chi connectivity index (χ0n) is 23.3. The lowest BCUT2D eigenvalue weighted by Gasteiger charge is -2.30. The zero-order valence-corrected chi connectivity index (χ0v) is 23.3. The summed E-state index contributed by atoms with van der Waals surface area (Å²) >= 11 is 0. The van der Waals surface area contributed by atoms with E-state index in [1.165, 1.54) is 12.1 Å². The number of carbonyl (C=O) groups is 1. The van der Waals surface area contributed by atoms with Gasteiger partial charge in [0.2, 0.25) is 0 Å². The van der Waals surface area contributed by atoms with E-state index in [1.807, 2.05) is 50.8 Å². The van der Waals surface area contributed by atoms with Gasteiger partial charge in [0.05, 0.1) is 43.0 Å². The third-order valence-corrected chi connectivity index (χ3v) is 6.41. The van der Waals surface area contributed by atoms with E-state index in [-0.39, 0.29) is 12.7 Å². The Kier molecular flexibility index (Phi) is 7.57. The second-order valence-corrected chi connectivity index (χ2v) is 10.6. The molecule has 0 atom stereocenters. The minimum atomic E-state index is -0.577. The topological polar surface area (TPSA) is 96.5 Å². The Morgan fingerprint density at radius 2 is 1.85 bits per heavy atom. The Labute approximate surface area is 232 Å². The third-order valence-electron chi connectivity index (χ3n) is 6.41. The van der Waals surface area contributed by atoms with Gasteiger partial charge in [0, 0.05) is 61.4 Å². The van der Waals surface area contributed by atoms with Crippen LogP contribution in [0.2, 0.25) is 0 Å². The second kappa shape index (κ2) is 11.1. The van der Waals surface area contributed by atoms with Crippen molar-refractivity contribution in [2.75, 3.05) is 26.9 Å². The van der Waals surface area contributed by atoms with E-state index in [2.05, 4.69) is 5.10 Å². The molecule has 4 aromatic rings. The minimum Gasteiger partial charge on any atom is -0.490 e. The SMILES string of the molecule is COCCOc1cc(F)ccc1-c1cnc(-c2cnn(C)c2)cc1-c1cc2n(n1)CCN(C(=O)OC(C)(C)C)C2. The van der Waals surface area contributed by atoms with Gasteiger partial charge in [-0.15, -0.1) is 0 Å². The number of halogens is 1. The number of aryl methyl sites for hydroxylation is 1. The predicted octanol–water partition coefficient (Wildman–Crippen LogP) is 4.93. The number of hydrogen-bond acceptors (Lipinski definition) is 7. The first kappa shape index (κ1) is 27.3. The highest BCUT2D eigenvalue weighted by Crippen LogP contribution is 2.39. The summed E-state index contributed by atoms with van der Waals surface area (Å²) in [4.78, 5) is 19.1. The van der Waals surface area contributed by atoms with Gasteiger partial charge in [0.15, 0.2) is 0 Å². The van der Waals surface area contributed by atoms with Crippen molar-refractivity contribution < 1.29 is 23.4 Å². The molecule has 0 aliphatic carbocycles. The van der Waals surface area contributed by atoms with Crippen molar-refractivity contribution >= 4 is 6.09 Å². The van der Waals surface area contributed by atoms with Crippen LogP contribution >= 0.6 is 0 Å². The molecule has 0 radical (unpaired) electrons. The molecule has 3 aromatic heterocycles. The van der Waals surface area contributed by atoms with Crippen LogP contribution < -0.4 is 4.74 Å². The Bertz CT molecular complexity index is 1520. The highest BCUT2D eigenvalue weighted by atomic mass is 19.1. The molecule has 1 aliphatic rings. The Balaban J connectivity index is 1.56. The molecule has 210 valence electrons. The van der Waals surface area contributed by atoms with Gasteiger partial charge >= 0.3 is 6.09 Å². The van der Waals surface area contributed by atoms with Crippen LogP contribution in [0.1, 0.15) is 26.5 Å². The summed E-state index contributed by atoms with van der Waals surface area (Å²) in [7, 11) is 3.43. The normalized spacial score (nSPS) is 13.3. The second-order valence-electron chi connectivity index (χ2n) is 10.6. The third kappa shape index (κ3) is 5.99. The lowest BCUT2D eigenvalue weighted by molar-refractivity contribution is 0.0194. The van der Waals surface area contributed by atoms with Gasteiger partial charge in [0.1, 0.15) is 23.8 Å². The molecular formula is C29H33FN6O4. The van der Waals surface area contributed by atoms with Gasteiger partial charge in [-0.1, -0.05) is 0 Å². The fourth-order valence-corrected chi connectivity index (χ4v) is 4.55. The average molecular weight is 549 g/mol. The van der Waals surface area contributed by atoms with E-state index < -0.39 is 11.4 Å². The van der Waals surface area contributed by atoms with E-state index in [0.717, 1.165) is 28.1 Å². The Morgan fingerprint density at radius 1 is 1.02 bits per heavy atom. The van der Waals surface area contributed by atoms with Crippen LogP contribution in [0.15, 0.2) is 48.9 Å². The highest BCUT2D eigenvalue weighted by Gasteiger charge is 2.28. The lowest BCUT2D eigenvalue weighted by Crippen LogP contribution is -2.41. The molecule has 0 bridgehead atoms. The number of carbonyl (C=O) groups excluding carboxylic acids is 1. The minimum absolute atomic E-state index is 0.267. The number of pyridine rings is 1. The summed E-state index contributed by atoms with van der Waals surface area (Å²) in [5.74, 6) is -0.0216. The fourth-order valence-electron chi connectivity index (χ4n) is 4.55. The van der Waals surface area contributed by atoms with Crippen molar-refractivity contribution in [1.82, 2.24) is 29.4 Å². The summed E-state index contributed by atoms with van der Waals surface area (Å²) in [5, 5.41) is 9.17. The van der Waals surface area contributed by atoms with Crippen molar-refractivity contribution in [3.05, 3.63) is 60.4 Å². The van der Waals surface area contributed by atoms with Gasteiger partial charge in [-0.05, 0) is 45.0 Å². The largest absolute Gasteiger partial charge is 0.490 e. The monoisotopic (exact) mass is 548 g/mol. The first-order valence-electron chi connectivity index (χ1n) is 13.1. The number of hydrogen-bond donors (Lipinski definition) is 0. The van der Waals surface area contributed by atoms with Crippen LogP contribution in [-0.2, 0) is 29.6 Å². The van der Waals surface area contributed by atoms with Crippen molar-refractivity contribution in [2.45, 2.75) is 39.5 Å². The molecule has 1 aromatic carbocycles. The van der Waals surface area contributed by atoms with Crippen molar-refractivity contribution in [3.63, 3.8) is 0 Å². The lowest BCUT2D eigenvalue weighted by atomic mass is 9.97. The molecular weight excluding hydrogens is 515 g/mol. The molecule has 5 rings (SSSR count). The van der Waals surface area contributed by atoms with Crippen LogP contribution in [0, 0.1) is 5.82 Å². The number of ether oxygens (including phenoxy) is 3. The summed E-state index contributed by atoms with van der Waals surface area (Å²) < 4.78 is 34.5. The summed E-state index contributed by atoms with van der Waals surface area (Å²) in [6.07, 6.45) is 5.04. The summed E-state index contributed by atoms with van der Waals surface area (Å²) in [6, 6.07) is 8.36. The maximum atomic E-state index is 14.2. The van der Waals surface area contributed by atoms with E-state index in [9.17, 15) is 9.18 Å². The number of methoxy groups -OCH3 is 1. The number of amides is 1. The molecule has 0 spiro atoms. The van der Waals surface area contributed by atoms with Crippen molar-refractivity contribution in [1.29, 1.82) is 0 Å². The predicted molar refractivity (Wildman–Crippen MR) is 147 cm³/mol. The molecule has 11 heteroatoms. The maximum absolute atomic E-state index is 14.2. The fraction of sp³-hybridized carbons (Fsp3) is 0.379. The van der Waals surface area contributed by atoms with Gasteiger partial charge in [-0.3, -0.25) is 14.3 Å². The number of fused-ring (bicyclic) bond motifs is 1. The number of aromatic nitrogens is 5. The first-order valence-corrected chi connectivity index (χ1v) is 13.1. The van der Waals surface area contributed by atoms with E-state index in [1.54, 1.807) is 35.2 Å². The maximum Gasteiger partial charge on any atom is 0.410 e. The molecule has 1 amide bonds. The smallest absolute Gasteiger partial charge is 0.410 e. The number of rotatable bonds is 7. The van der Waals surface area contributed by atoms with Gasteiger partial charge in [-0.25, -0.2) is 9.18 Å². The van der Waals surface area contributed by atoms with Crippen LogP contribution in [0.3, 0.4) is 0 Å². The molecule has 10 nitrogen and oxygen atoms in total. The zero-order chi connectivity index (χ0) is 28.4. The molecule has 4 heterocycles. The molecule has 0 unspecified atom stereocenters. The Hall–Kier alpha value is -4.25. The Morgan fingerprint density at radius 3 is 2.58 bits per heavy atom. The van der Waals surface area contributed by atoms with Gasteiger partial charge < -0.3 is 19.1 Å². The molecule has 0 saturated heterocycles. The van der Waals surface area contributed by atoms with Crippen molar-refractivity contribution in [2.24, 2.45) is 7.05 Å². The van der Waals surface area contributed by atoms with E-state index >= 15 is 0 Å². The summed E-state index contributed by atoms with van der Waals surface area (Å²) in [6.45, 7) is 7.58. The molecule has 40 heavy (non-hydrogen) atoms. The van der Waals surface area contributed by atoms with E-state index in [0.29, 0.717) is 43.2 Å². The average Bonchev–Trinajstić information content (AvgIpc) is 3.53.